The van der Waals surface area contributed by atoms with Crippen LogP contribution in [0, 0.1) is 5.92 Å². The fourth-order valence-corrected chi connectivity index (χ4v) is 3.45. The zero-order valence-electron chi connectivity index (χ0n) is 12.6. The van der Waals surface area contributed by atoms with E-state index in [2.05, 4.69) is 38.3 Å². The molecule has 5 heteroatoms. The second-order valence-corrected chi connectivity index (χ2v) is 6.98. The van der Waals surface area contributed by atoms with Crippen LogP contribution in [0.3, 0.4) is 0 Å². The number of halogens is 2. The largest absolute Gasteiger partial charge is 0.383 e. The van der Waals surface area contributed by atoms with Crippen molar-refractivity contribution in [1.82, 2.24) is 10.2 Å². The van der Waals surface area contributed by atoms with Crippen molar-refractivity contribution in [1.29, 1.82) is 0 Å². The number of methoxy groups -OCH3 is 1. The van der Waals surface area contributed by atoms with Gasteiger partial charge < -0.3 is 10.1 Å². The molecule has 0 unspecified atom stereocenters. The van der Waals surface area contributed by atoms with Crippen LogP contribution in [-0.4, -0.2) is 44.8 Å². The minimum Gasteiger partial charge on any atom is -0.383 e. The average Bonchev–Trinajstić information content (AvgIpc) is 2.48. The molecule has 1 N–H and O–H groups in total. The number of ether oxygens (including phenoxy) is 1. The van der Waals surface area contributed by atoms with E-state index in [0.717, 1.165) is 54.7 Å². The minimum atomic E-state index is 0.790. The van der Waals surface area contributed by atoms with Gasteiger partial charge in [-0.25, -0.2) is 0 Å². The Hall–Kier alpha value is -0.130. The van der Waals surface area contributed by atoms with Gasteiger partial charge in [0.1, 0.15) is 0 Å². The topological polar surface area (TPSA) is 24.5 Å². The van der Waals surface area contributed by atoms with Gasteiger partial charge in [0.25, 0.3) is 0 Å². The van der Waals surface area contributed by atoms with Crippen molar-refractivity contribution >= 4 is 27.5 Å². The SMILES string of the molecule is COCCNCC1CCN(Cc2ccc(Br)cc2Cl)CC1. The second-order valence-electron chi connectivity index (χ2n) is 5.65. The summed E-state index contributed by atoms with van der Waals surface area (Å²) in [5.74, 6) is 0.790. The van der Waals surface area contributed by atoms with E-state index in [9.17, 15) is 0 Å². The van der Waals surface area contributed by atoms with E-state index < -0.39 is 0 Å². The standard InChI is InChI=1S/C16H24BrClN2O/c1-21-9-6-19-11-13-4-7-20(8-5-13)12-14-2-3-15(17)10-16(14)18/h2-3,10,13,19H,4-9,11-12H2,1H3. The number of rotatable bonds is 7. The molecule has 0 atom stereocenters. The fourth-order valence-electron chi connectivity index (χ4n) is 2.72. The molecule has 1 aliphatic rings. The third-order valence-corrected chi connectivity index (χ3v) is 4.88. The molecule has 1 saturated heterocycles. The highest BCUT2D eigenvalue weighted by Crippen LogP contribution is 2.24. The van der Waals surface area contributed by atoms with Crippen LogP contribution in [-0.2, 0) is 11.3 Å². The number of hydrogen-bond donors (Lipinski definition) is 1. The van der Waals surface area contributed by atoms with Crippen LogP contribution >= 0.6 is 27.5 Å². The van der Waals surface area contributed by atoms with E-state index in [1.165, 1.54) is 18.4 Å². The highest BCUT2D eigenvalue weighted by molar-refractivity contribution is 9.10. The van der Waals surface area contributed by atoms with Gasteiger partial charge in [-0.3, -0.25) is 4.90 Å². The normalized spacial score (nSPS) is 17.3. The third kappa shape index (κ3) is 5.87. The highest BCUT2D eigenvalue weighted by Gasteiger charge is 2.19. The Bertz CT molecular complexity index is 436. The van der Waals surface area contributed by atoms with Gasteiger partial charge in [0.15, 0.2) is 0 Å². The summed E-state index contributed by atoms with van der Waals surface area (Å²) in [5.41, 5.74) is 1.22. The Morgan fingerprint density at radius 2 is 2.14 bits per heavy atom. The molecule has 3 nitrogen and oxygen atoms in total. The van der Waals surface area contributed by atoms with Crippen molar-refractivity contribution in [2.75, 3.05) is 39.9 Å². The summed E-state index contributed by atoms with van der Waals surface area (Å²) in [5, 5.41) is 4.32. The Morgan fingerprint density at radius 1 is 1.38 bits per heavy atom. The van der Waals surface area contributed by atoms with Gasteiger partial charge in [-0.1, -0.05) is 33.6 Å². The summed E-state index contributed by atoms with van der Waals surface area (Å²) >= 11 is 9.75. The lowest BCUT2D eigenvalue weighted by Gasteiger charge is -2.32. The zero-order chi connectivity index (χ0) is 15.1. The van der Waals surface area contributed by atoms with E-state index in [-0.39, 0.29) is 0 Å². The Balaban J connectivity index is 1.71. The molecule has 0 aromatic heterocycles. The molecule has 1 aliphatic heterocycles. The maximum atomic E-state index is 6.30. The van der Waals surface area contributed by atoms with Gasteiger partial charge in [-0.2, -0.15) is 0 Å². The molecule has 1 fully saturated rings. The number of likely N-dealkylation sites (tertiary alicyclic amines) is 1. The van der Waals surface area contributed by atoms with Crippen LogP contribution in [0.2, 0.25) is 5.02 Å². The smallest absolute Gasteiger partial charge is 0.0587 e. The number of nitrogens with zero attached hydrogens (tertiary/aromatic N) is 1. The van der Waals surface area contributed by atoms with Crippen LogP contribution in [0.25, 0.3) is 0 Å². The lowest BCUT2D eigenvalue weighted by molar-refractivity contribution is 0.168. The highest BCUT2D eigenvalue weighted by atomic mass is 79.9. The molecule has 0 bridgehead atoms. The predicted octanol–water partition coefficient (Wildman–Crippen LogP) is 3.55. The van der Waals surface area contributed by atoms with Gasteiger partial charge in [0.05, 0.1) is 6.61 Å². The first-order chi connectivity index (χ1) is 10.2. The number of nitrogens with one attached hydrogen (secondary N) is 1. The molecule has 0 radical (unpaired) electrons. The van der Waals surface area contributed by atoms with E-state index in [1.807, 2.05) is 6.07 Å². The lowest BCUT2D eigenvalue weighted by Crippen LogP contribution is -2.37. The molecular weight excluding hydrogens is 352 g/mol. The maximum Gasteiger partial charge on any atom is 0.0587 e. The van der Waals surface area contributed by atoms with Crippen molar-refractivity contribution in [3.8, 4) is 0 Å². The monoisotopic (exact) mass is 374 g/mol. The molecule has 0 saturated carbocycles. The van der Waals surface area contributed by atoms with Crippen molar-refractivity contribution in [3.63, 3.8) is 0 Å². The number of hydrogen-bond acceptors (Lipinski definition) is 3. The first-order valence-corrected chi connectivity index (χ1v) is 8.72. The van der Waals surface area contributed by atoms with Crippen molar-refractivity contribution in [2.45, 2.75) is 19.4 Å². The quantitative estimate of drug-likeness (QED) is 0.738. The summed E-state index contributed by atoms with van der Waals surface area (Å²) in [6, 6.07) is 6.15. The molecule has 0 spiro atoms. The van der Waals surface area contributed by atoms with Crippen LogP contribution in [0.4, 0.5) is 0 Å². The van der Waals surface area contributed by atoms with E-state index >= 15 is 0 Å². The second kappa shape index (κ2) is 9.11. The molecule has 0 amide bonds. The Kier molecular flexibility index (Phi) is 7.47. The molecule has 1 aromatic carbocycles. The van der Waals surface area contributed by atoms with Crippen LogP contribution in [0.15, 0.2) is 22.7 Å². The maximum absolute atomic E-state index is 6.30. The zero-order valence-corrected chi connectivity index (χ0v) is 14.9. The Labute approximate surface area is 141 Å². The molecule has 21 heavy (non-hydrogen) atoms. The molecular formula is C16H24BrClN2O. The van der Waals surface area contributed by atoms with Gasteiger partial charge in [0, 0.05) is 29.7 Å². The molecule has 0 aliphatic carbocycles. The van der Waals surface area contributed by atoms with Gasteiger partial charge in [-0.05, 0) is 56.1 Å². The summed E-state index contributed by atoms with van der Waals surface area (Å²) in [7, 11) is 1.74. The Morgan fingerprint density at radius 3 is 2.81 bits per heavy atom. The molecule has 118 valence electrons. The average molecular weight is 376 g/mol. The van der Waals surface area contributed by atoms with Crippen molar-refractivity contribution < 1.29 is 4.74 Å². The fraction of sp³-hybridized carbons (Fsp3) is 0.625. The van der Waals surface area contributed by atoms with Crippen molar-refractivity contribution in [2.24, 2.45) is 5.92 Å². The lowest BCUT2D eigenvalue weighted by atomic mass is 9.96. The summed E-state index contributed by atoms with van der Waals surface area (Å²) in [6.07, 6.45) is 2.52. The number of piperidine rings is 1. The summed E-state index contributed by atoms with van der Waals surface area (Å²) in [4.78, 5) is 2.50. The van der Waals surface area contributed by atoms with Crippen LogP contribution in [0.1, 0.15) is 18.4 Å². The summed E-state index contributed by atoms with van der Waals surface area (Å²) < 4.78 is 6.09. The molecule has 2 rings (SSSR count). The minimum absolute atomic E-state index is 0.790. The van der Waals surface area contributed by atoms with Gasteiger partial charge >= 0.3 is 0 Å². The van der Waals surface area contributed by atoms with Gasteiger partial charge in [0.2, 0.25) is 0 Å². The summed E-state index contributed by atoms with van der Waals surface area (Å²) in [6.45, 7) is 6.12. The van der Waals surface area contributed by atoms with Crippen LogP contribution in [0.5, 0.6) is 0 Å². The van der Waals surface area contributed by atoms with E-state index in [1.54, 1.807) is 7.11 Å². The van der Waals surface area contributed by atoms with E-state index in [0.29, 0.717) is 0 Å². The predicted molar refractivity (Wildman–Crippen MR) is 91.9 cm³/mol. The molecule has 1 aromatic rings. The molecule has 1 heterocycles. The third-order valence-electron chi connectivity index (χ3n) is 4.03. The first-order valence-electron chi connectivity index (χ1n) is 7.55. The first kappa shape index (κ1) is 17.2. The number of benzene rings is 1. The van der Waals surface area contributed by atoms with Gasteiger partial charge in [-0.15, -0.1) is 0 Å². The van der Waals surface area contributed by atoms with Crippen LogP contribution < -0.4 is 5.32 Å². The van der Waals surface area contributed by atoms with E-state index in [4.69, 9.17) is 16.3 Å². The van der Waals surface area contributed by atoms with Crippen molar-refractivity contribution in [3.05, 3.63) is 33.3 Å².